The molecule has 0 saturated carbocycles. The van der Waals surface area contributed by atoms with Crippen LogP contribution in [0.5, 0.6) is 0 Å². The molecule has 0 aliphatic heterocycles. The van der Waals surface area contributed by atoms with Crippen LogP contribution in [0.2, 0.25) is 0 Å². The van der Waals surface area contributed by atoms with Crippen LogP contribution in [0.15, 0.2) is 59.8 Å². The number of aromatic nitrogens is 4. The molecular weight excluding hydrogens is 425 g/mol. The van der Waals surface area contributed by atoms with Crippen molar-refractivity contribution >= 4 is 23.4 Å². The highest BCUT2D eigenvalue weighted by Gasteiger charge is 2.19. The minimum atomic E-state index is -0.303. The molecule has 1 amide bonds. The molecule has 0 aliphatic rings. The molecule has 4 aromatic rings. The van der Waals surface area contributed by atoms with Gasteiger partial charge >= 0.3 is 0 Å². The lowest BCUT2D eigenvalue weighted by atomic mass is 10.1. The average Bonchev–Trinajstić information content (AvgIpc) is 3.19. The van der Waals surface area contributed by atoms with Crippen LogP contribution in [-0.4, -0.2) is 36.9 Å². The van der Waals surface area contributed by atoms with Gasteiger partial charge in [-0.1, -0.05) is 42.1 Å². The number of nitrogens with zero attached hydrogens (tertiary/aromatic N) is 5. The monoisotopic (exact) mass is 449 g/mol. The molecule has 0 unspecified atom stereocenters. The number of aryl methyl sites for hydroxylation is 2. The van der Waals surface area contributed by atoms with Crippen molar-refractivity contribution in [1.29, 1.82) is 0 Å². The summed E-state index contributed by atoms with van der Waals surface area (Å²) in [7, 11) is 0. The minimum absolute atomic E-state index is 0.0796. The molecule has 0 radical (unpaired) electrons. The predicted octanol–water partition coefficient (Wildman–Crippen LogP) is 4.83. The molecule has 8 heteroatoms. The Labute approximate surface area is 190 Å². The van der Waals surface area contributed by atoms with Crippen molar-refractivity contribution in [1.82, 2.24) is 24.5 Å². The number of fused-ring (bicyclic) bond motifs is 1. The van der Waals surface area contributed by atoms with E-state index in [-0.39, 0.29) is 11.7 Å². The molecule has 0 spiro atoms. The van der Waals surface area contributed by atoms with E-state index in [4.69, 9.17) is 0 Å². The Hall–Kier alpha value is -3.26. The highest BCUT2D eigenvalue weighted by Crippen LogP contribution is 2.24. The number of carbonyl (C=O) groups is 1. The lowest BCUT2D eigenvalue weighted by molar-refractivity contribution is 0.0751. The second-order valence-electron chi connectivity index (χ2n) is 7.54. The summed E-state index contributed by atoms with van der Waals surface area (Å²) in [5.41, 5.74) is 4.16. The van der Waals surface area contributed by atoms with Gasteiger partial charge in [-0.2, -0.15) is 4.98 Å². The Morgan fingerprint density at radius 1 is 1.09 bits per heavy atom. The summed E-state index contributed by atoms with van der Waals surface area (Å²) >= 11 is 1.47. The van der Waals surface area contributed by atoms with Crippen molar-refractivity contribution in [3.05, 3.63) is 88.5 Å². The Balaban J connectivity index is 1.53. The second kappa shape index (κ2) is 9.48. The lowest BCUT2D eigenvalue weighted by Crippen LogP contribution is -2.31. The number of hydrogen-bond donors (Lipinski definition) is 0. The first-order valence-corrected chi connectivity index (χ1v) is 11.4. The van der Waals surface area contributed by atoms with E-state index in [0.717, 1.165) is 22.5 Å². The third kappa shape index (κ3) is 4.80. The fourth-order valence-corrected chi connectivity index (χ4v) is 4.38. The summed E-state index contributed by atoms with van der Waals surface area (Å²) in [6.45, 7) is 6.70. The van der Waals surface area contributed by atoms with Crippen molar-refractivity contribution in [3.63, 3.8) is 0 Å². The van der Waals surface area contributed by atoms with Crippen LogP contribution in [0.25, 0.3) is 5.78 Å². The first kappa shape index (κ1) is 22.0. The summed E-state index contributed by atoms with van der Waals surface area (Å²) in [5.74, 6) is 0.738. The van der Waals surface area contributed by atoms with Gasteiger partial charge in [-0.15, -0.1) is 5.10 Å². The van der Waals surface area contributed by atoms with Crippen LogP contribution in [0.1, 0.15) is 39.8 Å². The van der Waals surface area contributed by atoms with Crippen molar-refractivity contribution < 1.29 is 9.18 Å². The molecular formula is C24H24FN5OS. The van der Waals surface area contributed by atoms with Gasteiger partial charge in [0.2, 0.25) is 5.16 Å². The van der Waals surface area contributed by atoms with E-state index >= 15 is 0 Å². The second-order valence-corrected chi connectivity index (χ2v) is 8.48. The Bertz CT molecular complexity index is 1270. The van der Waals surface area contributed by atoms with Crippen LogP contribution in [0, 0.1) is 19.7 Å². The number of rotatable bonds is 7. The van der Waals surface area contributed by atoms with Gasteiger partial charge in [-0.05, 0) is 56.2 Å². The predicted molar refractivity (Wildman–Crippen MR) is 123 cm³/mol. The Kier molecular flexibility index (Phi) is 6.50. The Morgan fingerprint density at radius 3 is 2.69 bits per heavy atom. The Morgan fingerprint density at radius 2 is 1.91 bits per heavy atom. The van der Waals surface area contributed by atoms with Gasteiger partial charge in [0.1, 0.15) is 5.82 Å². The largest absolute Gasteiger partial charge is 0.335 e. The number of carbonyl (C=O) groups excluding carboxylic acids is 1. The highest BCUT2D eigenvalue weighted by molar-refractivity contribution is 7.98. The maximum atomic E-state index is 13.6. The molecule has 4 rings (SSSR count). The number of thioether (sulfide) groups is 1. The van der Waals surface area contributed by atoms with E-state index in [0.29, 0.717) is 35.3 Å². The molecule has 2 heterocycles. The van der Waals surface area contributed by atoms with Gasteiger partial charge < -0.3 is 4.90 Å². The smallest absolute Gasteiger partial charge is 0.254 e. The first-order chi connectivity index (χ1) is 15.4. The zero-order chi connectivity index (χ0) is 22.7. The fourth-order valence-electron chi connectivity index (χ4n) is 3.56. The molecule has 0 saturated heterocycles. The van der Waals surface area contributed by atoms with Crippen LogP contribution in [0.3, 0.4) is 0 Å². The highest BCUT2D eigenvalue weighted by atomic mass is 32.2. The van der Waals surface area contributed by atoms with Gasteiger partial charge in [0, 0.05) is 35.8 Å². The fraction of sp³-hybridized carbons (Fsp3) is 0.250. The van der Waals surface area contributed by atoms with Crippen LogP contribution in [-0.2, 0) is 12.3 Å². The molecule has 32 heavy (non-hydrogen) atoms. The maximum Gasteiger partial charge on any atom is 0.254 e. The van der Waals surface area contributed by atoms with Gasteiger partial charge in [-0.25, -0.2) is 13.9 Å². The molecule has 0 atom stereocenters. The van der Waals surface area contributed by atoms with Crippen molar-refractivity contribution in [2.24, 2.45) is 0 Å². The minimum Gasteiger partial charge on any atom is -0.335 e. The zero-order valence-electron chi connectivity index (χ0n) is 18.2. The standard InChI is InChI=1S/C24H24FN5OS/c1-4-29(14-18-8-7-10-20(25)13-18)22(31)21-11-6-5-9-19(21)15-32-24-27-23-26-16(2)12-17(3)30(23)28-24/h5-13H,4,14-15H2,1-3H3. The zero-order valence-corrected chi connectivity index (χ0v) is 19.1. The molecule has 6 nitrogen and oxygen atoms in total. The van der Waals surface area contributed by atoms with E-state index in [1.54, 1.807) is 15.5 Å². The molecule has 2 aromatic carbocycles. The van der Waals surface area contributed by atoms with Gasteiger partial charge in [0.25, 0.3) is 11.7 Å². The molecule has 0 aliphatic carbocycles. The number of amides is 1. The summed E-state index contributed by atoms with van der Waals surface area (Å²) in [4.78, 5) is 24.0. The van der Waals surface area contributed by atoms with Crippen LogP contribution < -0.4 is 0 Å². The van der Waals surface area contributed by atoms with E-state index in [1.165, 1.54) is 23.9 Å². The third-order valence-electron chi connectivity index (χ3n) is 5.13. The summed E-state index contributed by atoms with van der Waals surface area (Å²) in [6, 6.07) is 15.9. The van der Waals surface area contributed by atoms with Crippen molar-refractivity contribution in [3.8, 4) is 0 Å². The SMILES string of the molecule is CCN(Cc1cccc(F)c1)C(=O)c1ccccc1CSc1nc2nc(C)cc(C)n2n1. The first-order valence-electron chi connectivity index (χ1n) is 10.4. The van der Waals surface area contributed by atoms with E-state index < -0.39 is 0 Å². The number of hydrogen-bond acceptors (Lipinski definition) is 5. The molecule has 0 N–H and O–H groups in total. The van der Waals surface area contributed by atoms with Crippen LogP contribution in [0.4, 0.5) is 4.39 Å². The number of halogens is 1. The van der Waals surface area contributed by atoms with E-state index in [9.17, 15) is 9.18 Å². The molecule has 0 bridgehead atoms. The van der Waals surface area contributed by atoms with Crippen LogP contribution >= 0.6 is 11.8 Å². The van der Waals surface area contributed by atoms with E-state index in [1.807, 2.05) is 57.2 Å². The van der Waals surface area contributed by atoms with Crippen molar-refractivity contribution in [2.75, 3.05) is 6.54 Å². The van der Waals surface area contributed by atoms with Gasteiger partial charge in [0.15, 0.2) is 0 Å². The van der Waals surface area contributed by atoms with Gasteiger partial charge in [0.05, 0.1) is 0 Å². The average molecular weight is 450 g/mol. The number of benzene rings is 2. The third-order valence-corrected chi connectivity index (χ3v) is 6.02. The topological polar surface area (TPSA) is 63.4 Å². The maximum absolute atomic E-state index is 13.6. The van der Waals surface area contributed by atoms with E-state index in [2.05, 4.69) is 15.1 Å². The molecule has 2 aromatic heterocycles. The summed E-state index contributed by atoms with van der Waals surface area (Å²) in [5, 5.41) is 5.15. The van der Waals surface area contributed by atoms with Gasteiger partial charge in [-0.3, -0.25) is 4.79 Å². The van der Waals surface area contributed by atoms with Crippen molar-refractivity contribution in [2.45, 2.75) is 38.2 Å². The molecule has 164 valence electrons. The molecule has 0 fully saturated rings. The lowest BCUT2D eigenvalue weighted by Gasteiger charge is -2.22. The summed E-state index contributed by atoms with van der Waals surface area (Å²) in [6.07, 6.45) is 0. The summed E-state index contributed by atoms with van der Waals surface area (Å²) < 4.78 is 15.3. The normalized spacial score (nSPS) is 11.1. The quantitative estimate of drug-likeness (QED) is 0.378.